The molecule has 2 aliphatic heterocycles. The van der Waals surface area contributed by atoms with Gasteiger partial charge in [-0.25, -0.2) is 0 Å². The number of rotatable bonds is 10. The Kier molecular flexibility index (Phi) is 13.9. The third kappa shape index (κ3) is 8.22. The van der Waals surface area contributed by atoms with E-state index in [9.17, 15) is 39.9 Å². The van der Waals surface area contributed by atoms with Gasteiger partial charge in [-0.15, -0.1) is 0 Å². The number of carboxylic acid groups (broad SMARTS) is 1. The summed E-state index contributed by atoms with van der Waals surface area (Å²) >= 11 is 4.36. The van der Waals surface area contributed by atoms with Gasteiger partial charge in [0.2, 0.25) is 11.8 Å². The van der Waals surface area contributed by atoms with Crippen LogP contribution in [-0.4, -0.2) is 131 Å². The summed E-state index contributed by atoms with van der Waals surface area (Å²) in [4.78, 5) is 36.7. The smallest absolute Gasteiger partial charge is 0.547 e. The molecule has 2 heterocycles. The van der Waals surface area contributed by atoms with E-state index in [0.29, 0.717) is 0 Å². The van der Waals surface area contributed by atoms with Crippen LogP contribution in [0.15, 0.2) is 0 Å². The molecule has 6 N–H and O–H groups in total. The van der Waals surface area contributed by atoms with Crippen LogP contribution in [0.2, 0.25) is 0 Å². The molecule has 0 aromatic rings. The minimum atomic E-state index is -1.95. The number of aliphatic hydroxyl groups is 4. The van der Waals surface area contributed by atoms with Crippen molar-refractivity contribution in [2.45, 2.75) is 92.9 Å². The molecule has 0 bridgehead atoms. The maximum absolute atomic E-state index is 13.2. The predicted molar refractivity (Wildman–Crippen MR) is 123 cm³/mol. The van der Waals surface area contributed by atoms with E-state index < -0.39 is 96.5 Å². The monoisotopic (exact) mass is 578 g/mol. The molecule has 0 radical (unpaired) electrons. The van der Waals surface area contributed by atoms with Crippen LogP contribution in [0.5, 0.6) is 0 Å². The Morgan fingerprint density at radius 2 is 1.63 bits per heavy atom. The number of carbonyl (C=O) groups is 3. The molecule has 2 aliphatic rings. The average molecular weight is 579 g/mol. The molecule has 2 amide bonds. The normalized spacial score (nSPS) is 36.5. The molecule has 2 saturated heterocycles. The third-order valence-electron chi connectivity index (χ3n) is 6.05. The Balaban J connectivity index is 0.00000722. The summed E-state index contributed by atoms with van der Waals surface area (Å²) in [6, 6.07) is -2.57. The van der Waals surface area contributed by atoms with Gasteiger partial charge in [0.15, 0.2) is 12.6 Å². The topological polar surface area (TPSA) is 225 Å². The molecule has 15 nitrogen and oxygen atoms in total. The zero-order valence-electron chi connectivity index (χ0n) is 22.0. The average Bonchev–Trinajstić information content (AvgIpc) is 2.81. The number of aliphatic carboxylic acids is 1. The van der Waals surface area contributed by atoms with Gasteiger partial charge in [-0.1, -0.05) is 0 Å². The van der Waals surface area contributed by atoms with E-state index in [1.807, 2.05) is 0 Å². The van der Waals surface area contributed by atoms with E-state index in [1.54, 1.807) is 13.8 Å². The molecule has 17 heteroatoms. The van der Waals surface area contributed by atoms with E-state index in [1.165, 1.54) is 14.0 Å². The zero-order valence-corrected chi connectivity index (χ0v) is 24.9. The van der Waals surface area contributed by atoms with Crippen molar-refractivity contribution in [3.05, 3.63) is 0 Å². The minimum absolute atomic E-state index is 0. The van der Waals surface area contributed by atoms with Crippen molar-refractivity contribution in [3.8, 4) is 0 Å². The van der Waals surface area contributed by atoms with Crippen molar-refractivity contribution in [1.29, 1.82) is 0 Å². The zero-order chi connectivity index (χ0) is 28.2. The first-order valence-electron chi connectivity index (χ1n) is 11.4. The molecule has 0 aromatic heterocycles. The molecule has 2 fully saturated rings. The first-order chi connectivity index (χ1) is 17.2. The number of methoxy groups -OCH3 is 2. The molecular weight excluding hydrogens is 543 g/mol. The van der Waals surface area contributed by atoms with Crippen molar-refractivity contribution in [2.75, 3.05) is 20.8 Å². The van der Waals surface area contributed by atoms with Crippen LogP contribution in [0.25, 0.3) is 0 Å². The van der Waals surface area contributed by atoms with E-state index in [4.69, 9.17) is 23.7 Å². The van der Waals surface area contributed by atoms with Crippen LogP contribution in [0.4, 0.5) is 0 Å². The molecule has 0 aliphatic carbocycles. The summed E-state index contributed by atoms with van der Waals surface area (Å²) in [5.41, 5.74) is 0. The first kappa shape index (κ1) is 35.4. The number of hydrogen-bond acceptors (Lipinski definition) is 14. The van der Waals surface area contributed by atoms with Crippen LogP contribution in [0.3, 0.4) is 0 Å². The van der Waals surface area contributed by atoms with Gasteiger partial charge in [-0.05, 0) is 13.8 Å². The minimum Gasteiger partial charge on any atom is -0.547 e. The molecule has 0 saturated carbocycles. The number of aliphatic hydroxyl groups excluding tert-OH is 4. The molecule has 214 valence electrons. The Morgan fingerprint density at radius 3 is 2.08 bits per heavy atom. The van der Waals surface area contributed by atoms with Gasteiger partial charge in [0.05, 0.1) is 12.6 Å². The van der Waals surface area contributed by atoms with E-state index >= 15 is 0 Å². The number of carbonyl (C=O) groups excluding carboxylic acids is 3. The second-order valence-corrected chi connectivity index (χ2v) is 10.5. The molecule has 7 unspecified atom stereocenters. The van der Waals surface area contributed by atoms with Gasteiger partial charge < -0.3 is 64.6 Å². The fraction of sp³-hybridized carbons (Fsp3) is 0.857. The Hall–Kier alpha value is -0.600. The molecule has 2 rings (SSSR count). The second-order valence-electron chi connectivity index (χ2n) is 9.30. The van der Waals surface area contributed by atoms with Gasteiger partial charge in [-0.3, -0.25) is 9.59 Å². The number of hydrogen-bond donors (Lipinski definition) is 7. The molecule has 11 atom stereocenters. The number of amides is 2. The summed E-state index contributed by atoms with van der Waals surface area (Å²) in [6.07, 6.45) is -14.6. The molecule has 0 aromatic carbocycles. The summed E-state index contributed by atoms with van der Waals surface area (Å²) in [6.45, 7) is 3.62. The number of carboxylic acids is 1. The van der Waals surface area contributed by atoms with Crippen molar-refractivity contribution in [2.24, 2.45) is 0 Å². The van der Waals surface area contributed by atoms with Crippen molar-refractivity contribution in [3.63, 3.8) is 0 Å². The summed E-state index contributed by atoms with van der Waals surface area (Å²) < 4.78 is 25.6. The second kappa shape index (κ2) is 14.9. The first-order valence-corrected chi connectivity index (χ1v) is 11.8. The third-order valence-corrected chi connectivity index (χ3v) is 6.31. The Morgan fingerprint density at radius 1 is 1.03 bits per heavy atom. The maximum Gasteiger partial charge on any atom is 1.00 e. The summed E-state index contributed by atoms with van der Waals surface area (Å²) in [7, 11) is 2.32. The Labute approximate surface area is 247 Å². The largest absolute Gasteiger partial charge is 1.00 e. The predicted octanol–water partition coefficient (Wildman–Crippen LogP) is -7.99. The van der Waals surface area contributed by atoms with E-state index in [2.05, 4.69) is 23.3 Å². The van der Waals surface area contributed by atoms with E-state index in [-0.39, 0.29) is 29.6 Å². The van der Waals surface area contributed by atoms with Crippen LogP contribution in [0, 0.1) is 0 Å². The summed E-state index contributed by atoms with van der Waals surface area (Å²) in [5, 5.41) is 58.0. The standard InChI is InChI=1S/C21H36N2O13S.Na/c1-7(25)22-16(21(2,3)37)17(29)23-9-13(32-4)10(26)8(6-24)34-19(9)35-14-11(27)12(28)20(33-5)36-15(14)18(30)31;/h8-16,19-20,24,26-28,37H,6H2,1-5H3,(H,22,25)(H,23,29)(H,30,31);/q;+1/p-1/t8?,9?,10?,11?,12?,13-,14+,15?,16+,19+,20?;/m1./s1. The van der Waals surface area contributed by atoms with Crippen LogP contribution in [-0.2, 0) is 38.1 Å². The maximum atomic E-state index is 13.2. The SMILES string of the molecule is COC1OC(C(=O)[O-])[C@@H](O[C@@H]2OC(CO)C(O)[C@H](OC)C2NC(=O)[C@H](NC(C)=O)C(C)(C)S)C(O)C1O.[Na+]. The van der Waals surface area contributed by atoms with Gasteiger partial charge in [-0.2, -0.15) is 12.6 Å². The Bertz CT molecular complexity index is 818. The van der Waals surface area contributed by atoms with E-state index in [0.717, 1.165) is 7.11 Å². The van der Waals surface area contributed by atoms with Crippen molar-refractivity contribution in [1.82, 2.24) is 10.6 Å². The number of ether oxygens (including phenoxy) is 5. The molecule has 0 spiro atoms. The molecular formula is C21H35N2NaO13S. The number of nitrogens with one attached hydrogen (secondary N) is 2. The van der Waals surface area contributed by atoms with Crippen molar-refractivity contribution >= 4 is 30.4 Å². The fourth-order valence-electron chi connectivity index (χ4n) is 4.16. The quantitative estimate of drug-likeness (QED) is 0.0946. The van der Waals surface area contributed by atoms with Gasteiger partial charge >= 0.3 is 29.6 Å². The van der Waals surface area contributed by atoms with Crippen molar-refractivity contribution < 1.29 is 93.2 Å². The van der Waals surface area contributed by atoms with Crippen LogP contribution < -0.4 is 45.3 Å². The van der Waals surface area contributed by atoms with Gasteiger partial charge in [0.25, 0.3) is 0 Å². The van der Waals surface area contributed by atoms with Crippen LogP contribution >= 0.6 is 12.6 Å². The van der Waals surface area contributed by atoms with Gasteiger partial charge in [0, 0.05) is 25.9 Å². The number of thiol groups is 1. The van der Waals surface area contributed by atoms with Gasteiger partial charge in [0.1, 0.15) is 54.8 Å². The molecule has 38 heavy (non-hydrogen) atoms. The fourth-order valence-corrected chi connectivity index (χ4v) is 4.34. The summed E-state index contributed by atoms with van der Waals surface area (Å²) in [5.74, 6) is -3.12. The van der Waals surface area contributed by atoms with Crippen LogP contribution in [0.1, 0.15) is 20.8 Å².